The lowest BCUT2D eigenvalue weighted by molar-refractivity contribution is 0.399. The summed E-state index contributed by atoms with van der Waals surface area (Å²) in [7, 11) is 1.66. The summed E-state index contributed by atoms with van der Waals surface area (Å²) in [6.45, 7) is 2.56. The van der Waals surface area contributed by atoms with Crippen LogP contribution < -0.4 is 10.1 Å². The molecule has 16 heavy (non-hydrogen) atoms. The predicted octanol–water partition coefficient (Wildman–Crippen LogP) is 2.60. The number of aryl methyl sites for hydroxylation is 1. The average Bonchev–Trinajstić information content (AvgIpc) is 2.73. The van der Waals surface area contributed by atoms with Crippen LogP contribution in [0.1, 0.15) is 11.3 Å². The molecule has 4 nitrogen and oxygen atoms in total. The van der Waals surface area contributed by atoms with E-state index in [9.17, 15) is 0 Å². The van der Waals surface area contributed by atoms with Gasteiger partial charge in [0, 0.05) is 12.6 Å². The number of hydrogen-bond donors (Lipinski definition) is 1. The van der Waals surface area contributed by atoms with Gasteiger partial charge in [0.15, 0.2) is 5.82 Å². The Morgan fingerprint density at radius 3 is 2.94 bits per heavy atom. The number of ether oxygens (including phenoxy) is 1. The number of aromatic nitrogens is 1. The first-order valence-corrected chi connectivity index (χ1v) is 5.08. The van der Waals surface area contributed by atoms with E-state index >= 15 is 0 Å². The molecule has 0 bridgehead atoms. The second-order valence-electron chi connectivity index (χ2n) is 3.53. The molecule has 0 radical (unpaired) electrons. The van der Waals surface area contributed by atoms with Gasteiger partial charge in [-0.15, -0.1) is 0 Å². The SMILES string of the molecule is COc1cccc(CNc2cc(C)on2)c1. The second kappa shape index (κ2) is 4.70. The van der Waals surface area contributed by atoms with Gasteiger partial charge in [0.25, 0.3) is 0 Å². The lowest BCUT2D eigenvalue weighted by Gasteiger charge is -2.04. The van der Waals surface area contributed by atoms with E-state index in [1.54, 1.807) is 7.11 Å². The average molecular weight is 218 g/mol. The van der Waals surface area contributed by atoms with Crippen molar-refractivity contribution in [1.82, 2.24) is 5.16 Å². The van der Waals surface area contributed by atoms with Crippen LogP contribution in [0.3, 0.4) is 0 Å². The Labute approximate surface area is 94.2 Å². The van der Waals surface area contributed by atoms with Crippen LogP contribution in [0.15, 0.2) is 34.9 Å². The smallest absolute Gasteiger partial charge is 0.169 e. The zero-order chi connectivity index (χ0) is 11.4. The van der Waals surface area contributed by atoms with E-state index < -0.39 is 0 Å². The van der Waals surface area contributed by atoms with Gasteiger partial charge in [-0.25, -0.2) is 0 Å². The maximum absolute atomic E-state index is 5.15. The van der Waals surface area contributed by atoms with E-state index in [0.717, 1.165) is 22.9 Å². The number of hydrogen-bond acceptors (Lipinski definition) is 4. The van der Waals surface area contributed by atoms with E-state index in [0.29, 0.717) is 6.54 Å². The second-order valence-corrected chi connectivity index (χ2v) is 3.53. The van der Waals surface area contributed by atoms with Crippen LogP contribution in [-0.2, 0) is 6.54 Å². The number of rotatable bonds is 4. The van der Waals surface area contributed by atoms with E-state index in [4.69, 9.17) is 9.26 Å². The molecular formula is C12H14N2O2. The highest BCUT2D eigenvalue weighted by Crippen LogP contribution is 2.14. The molecule has 1 N–H and O–H groups in total. The van der Waals surface area contributed by atoms with Crippen LogP contribution in [0, 0.1) is 6.92 Å². The monoisotopic (exact) mass is 218 g/mol. The van der Waals surface area contributed by atoms with Gasteiger partial charge >= 0.3 is 0 Å². The normalized spacial score (nSPS) is 10.1. The van der Waals surface area contributed by atoms with Crippen LogP contribution in [0.25, 0.3) is 0 Å². The van der Waals surface area contributed by atoms with E-state index in [1.807, 2.05) is 37.3 Å². The first-order chi connectivity index (χ1) is 7.78. The van der Waals surface area contributed by atoms with Gasteiger partial charge < -0.3 is 14.6 Å². The predicted molar refractivity (Wildman–Crippen MR) is 61.6 cm³/mol. The fourth-order valence-electron chi connectivity index (χ4n) is 1.42. The van der Waals surface area contributed by atoms with Crippen LogP contribution in [0.5, 0.6) is 5.75 Å². The quantitative estimate of drug-likeness (QED) is 0.856. The summed E-state index contributed by atoms with van der Waals surface area (Å²) in [5.74, 6) is 2.41. The van der Waals surface area contributed by atoms with Gasteiger partial charge in [-0.05, 0) is 24.6 Å². The number of benzene rings is 1. The molecule has 1 aromatic carbocycles. The van der Waals surface area contributed by atoms with Crippen molar-refractivity contribution in [2.45, 2.75) is 13.5 Å². The Balaban J connectivity index is 1.99. The highest BCUT2D eigenvalue weighted by atomic mass is 16.5. The van der Waals surface area contributed by atoms with Crippen molar-refractivity contribution in [3.05, 3.63) is 41.7 Å². The Bertz CT molecular complexity index is 466. The third-order valence-corrected chi connectivity index (χ3v) is 2.24. The maximum atomic E-state index is 5.15. The molecule has 0 saturated heterocycles. The minimum absolute atomic E-state index is 0.698. The van der Waals surface area contributed by atoms with Crippen LogP contribution >= 0.6 is 0 Å². The van der Waals surface area contributed by atoms with Crippen molar-refractivity contribution in [3.63, 3.8) is 0 Å². The van der Waals surface area contributed by atoms with E-state index in [2.05, 4.69) is 10.5 Å². The van der Waals surface area contributed by atoms with E-state index in [-0.39, 0.29) is 0 Å². The molecule has 2 rings (SSSR count). The molecule has 1 heterocycles. The Morgan fingerprint density at radius 2 is 2.25 bits per heavy atom. The molecule has 0 aliphatic rings. The summed E-state index contributed by atoms with van der Waals surface area (Å²) < 4.78 is 10.1. The molecule has 4 heteroatoms. The van der Waals surface area contributed by atoms with Gasteiger partial charge in [0.1, 0.15) is 11.5 Å². The van der Waals surface area contributed by atoms with Crippen molar-refractivity contribution >= 4 is 5.82 Å². The van der Waals surface area contributed by atoms with Gasteiger partial charge in [-0.2, -0.15) is 0 Å². The highest BCUT2D eigenvalue weighted by Gasteiger charge is 2.00. The molecule has 84 valence electrons. The van der Waals surface area contributed by atoms with Crippen molar-refractivity contribution < 1.29 is 9.26 Å². The molecule has 0 aliphatic carbocycles. The summed E-state index contributed by atoms with van der Waals surface area (Å²) in [5.41, 5.74) is 1.14. The highest BCUT2D eigenvalue weighted by molar-refractivity contribution is 5.36. The Morgan fingerprint density at radius 1 is 1.38 bits per heavy atom. The van der Waals surface area contributed by atoms with Gasteiger partial charge in [0.05, 0.1) is 7.11 Å². The standard InChI is InChI=1S/C12H14N2O2/c1-9-6-12(14-16-9)13-8-10-4-3-5-11(7-10)15-2/h3-7H,8H2,1-2H3,(H,13,14). The molecule has 2 aromatic rings. The number of nitrogens with zero attached hydrogens (tertiary/aromatic N) is 1. The number of anilines is 1. The van der Waals surface area contributed by atoms with Crippen LogP contribution in [0.2, 0.25) is 0 Å². The largest absolute Gasteiger partial charge is 0.497 e. The molecule has 0 saturated carbocycles. The summed E-state index contributed by atoms with van der Waals surface area (Å²) in [5, 5.41) is 7.03. The Hall–Kier alpha value is -1.97. The Kier molecular flexibility index (Phi) is 3.10. The summed E-state index contributed by atoms with van der Waals surface area (Å²) in [6, 6.07) is 9.76. The van der Waals surface area contributed by atoms with E-state index in [1.165, 1.54) is 0 Å². The molecule has 1 aromatic heterocycles. The lowest BCUT2D eigenvalue weighted by Crippen LogP contribution is -1.99. The molecule has 0 aliphatic heterocycles. The van der Waals surface area contributed by atoms with Crippen molar-refractivity contribution in [1.29, 1.82) is 0 Å². The lowest BCUT2D eigenvalue weighted by atomic mass is 10.2. The molecule has 0 atom stereocenters. The third kappa shape index (κ3) is 2.53. The van der Waals surface area contributed by atoms with Gasteiger partial charge in [0.2, 0.25) is 0 Å². The molecule has 0 spiro atoms. The summed E-state index contributed by atoms with van der Waals surface area (Å²) >= 11 is 0. The summed E-state index contributed by atoms with van der Waals surface area (Å²) in [4.78, 5) is 0. The molecular weight excluding hydrogens is 204 g/mol. The maximum Gasteiger partial charge on any atom is 0.169 e. The van der Waals surface area contributed by atoms with Crippen molar-refractivity contribution in [2.24, 2.45) is 0 Å². The fraction of sp³-hybridized carbons (Fsp3) is 0.250. The summed E-state index contributed by atoms with van der Waals surface area (Å²) in [6.07, 6.45) is 0. The first-order valence-electron chi connectivity index (χ1n) is 5.08. The minimum Gasteiger partial charge on any atom is -0.497 e. The molecule has 0 fully saturated rings. The van der Waals surface area contributed by atoms with Crippen molar-refractivity contribution in [2.75, 3.05) is 12.4 Å². The molecule has 0 unspecified atom stereocenters. The van der Waals surface area contributed by atoms with Gasteiger partial charge in [-0.3, -0.25) is 0 Å². The minimum atomic E-state index is 0.698. The zero-order valence-corrected chi connectivity index (χ0v) is 9.36. The topological polar surface area (TPSA) is 47.3 Å². The fourth-order valence-corrected chi connectivity index (χ4v) is 1.42. The van der Waals surface area contributed by atoms with Crippen LogP contribution in [0.4, 0.5) is 5.82 Å². The van der Waals surface area contributed by atoms with Crippen LogP contribution in [-0.4, -0.2) is 12.3 Å². The zero-order valence-electron chi connectivity index (χ0n) is 9.36. The molecule has 0 amide bonds. The first kappa shape index (κ1) is 10.5. The van der Waals surface area contributed by atoms with Gasteiger partial charge in [-0.1, -0.05) is 17.3 Å². The number of nitrogens with one attached hydrogen (secondary N) is 1. The number of methoxy groups -OCH3 is 1. The van der Waals surface area contributed by atoms with Crippen molar-refractivity contribution in [3.8, 4) is 5.75 Å². The third-order valence-electron chi connectivity index (χ3n) is 2.24.